The number of carbonyl (C=O) groups is 1. The summed E-state index contributed by atoms with van der Waals surface area (Å²) in [6, 6.07) is 4.33. The minimum Gasteiger partial charge on any atom is -0.391 e. The molecule has 1 aliphatic heterocycles. The largest absolute Gasteiger partial charge is 0.391 e. The van der Waals surface area contributed by atoms with Crippen molar-refractivity contribution in [3.63, 3.8) is 0 Å². The van der Waals surface area contributed by atoms with Gasteiger partial charge in [-0.05, 0) is 25.0 Å². The van der Waals surface area contributed by atoms with Crippen molar-refractivity contribution < 1.29 is 14.8 Å². The minimum atomic E-state index is -0.511. The van der Waals surface area contributed by atoms with Crippen LogP contribution in [-0.2, 0) is 0 Å². The molecule has 1 amide bonds. The topological polar surface area (TPSA) is 83.7 Å². The lowest BCUT2D eigenvalue weighted by Crippen LogP contribution is -2.29. The summed E-state index contributed by atoms with van der Waals surface area (Å²) in [7, 11) is 0. The summed E-state index contributed by atoms with van der Waals surface area (Å²) in [4.78, 5) is 23.9. The number of non-ortho nitro benzene ring substituents is 1. The van der Waals surface area contributed by atoms with E-state index in [2.05, 4.69) is 0 Å². The molecule has 6 nitrogen and oxygen atoms in total. The van der Waals surface area contributed by atoms with E-state index in [-0.39, 0.29) is 11.6 Å². The molecule has 0 radical (unpaired) electrons. The number of benzene rings is 1. The third-order valence-electron chi connectivity index (χ3n) is 2.97. The van der Waals surface area contributed by atoms with Gasteiger partial charge in [0.25, 0.3) is 11.6 Å². The number of nitrogens with zero attached hydrogens (tertiary/aromatic N) is 2. The van der Waals surface area contributed by atoms with E-state index in [1.54, 1.807) is 13.0 Å². The first-order chi connectivity index (χ1) is 8.47. The zero-order valence-corrected chi connectivity index (χ0v) is 10.00. The van der Waals surface area contributed by atoms with Gasteiger partial charge in [0.1, 0.15) is 0 Å². The predicted molar refractivity (Wildman–Crippen MR) is 64.4 cm³/mol. The summed E-state index contributed by atoms with van der Waals surface area (Å²) in [5, 5.41) is 20.1. The van der Waals surface area contributed by atoms with Gasteiger partial charge in [-0.15, -0.1) is 0 Å². The molecule has 96 valence electrons. The van der Waals surface area contributed by atoms with Crippen LogP contribution in [0.3, 0.4) is 0 Å². The molecule has 0 spiro atoms. The molecule has 1 atom stereocenters. The Morgan fingerprint density at radius 1 is 1.50 bits per heavy atom. The lowest BCUT2D eigenvalue weighted by atomic mass is 10.1. The number of nitro groups is 1. The molecule has 18 heavy (non-hydrogen) atoms. The van der Waals surface area contributed by atoms with Gasteiger partial charge in [0.2, 0.25) is 0 Å². The number of aryl methyl sites for hydroxylation is 1. The number of hydrogen-bond donors (Lipinski definition) is 1. The monoisotopic (exact) mass is 250 g/mol. The summed E-state index contributed by atoms with van der Waals surface area (Å²) in [5.41, 5.74) is 0.890. The highest BCUT2D eigenvalue weighted by Crippen LogP contribution is 2.20. The van der Waals surface area contributed by atoms with Crippen molar-refractivity contribution in [1.82, 2.24) is 4.90 Å². The molecule has 0 bridgehead atoms. The second kappa shape index (κ2) is 4.73. The summed E-state index contributed by atoms with van der Waals surface area (Å²) < 4.78 is 0. The molecule has 1 N–H and O–H groups in total. The Morgan fingerprint density at radius 2 is 2.22 bits per heavy atom. The van der Waals surface area contributed by atoms with Crippen LogP contribution in [0, 0.1) is 17.0 Å². The fourth-order valence-electron chi connectivity index (χ4n) is 2.10. The van der Waals surface area contributed by atoms with Gasteiger partial charge in [-0.2, -0.15) is 0 Å². The molecular formula is C12H14N2O4. The van der Waals surface area contributed by atoms with Gasteiger partial charge in [-0.1, -0.05) is 0 Å². The fraction of sp³-hybridized carbons (Fsp3) is 0.417. The maximum Gasteiger partial charge on any atom is 0.270 e. The van der Waals surface area contributed by atoms with Crippen molar-refractivity contribution >= 4 is 11.6 Å². The van der Waals surface area contributed by atoms with Gasteiger partial charge < -0.3 is 10.0 Å². The van der Waals surface area contributed by atoms with E-state index < -0.39 is 11.0 Å². The van der Waals surface area contributed by atoms with E-state index >= 15 is 0 Å². The Kier molecular flexibility index (Phi) is 3.29. The molecule has 1 aromatic rings. The number of rotatable bonds is 2. The SMILES string of the molecule is Cc1cc(C(=O)N2CC[C@@H](O)C2)cc([N+](=O)[O-])c1. The van der Waals surface area contributed by atoms with Crippen LogP contribution >= 0.6 is 0 Å². The zero-order valence-electron chi connectivity index (χ0n) is 10.00. The number of likely N-dealkylation sites (tertiary alicyclic amines) is 1. The number of amides is 1. The minimum absolute atomic E-state index is 0.0851. The molecule has 1 saturated heterocycles. The number of aliphatic hydroxyl groups is 1. The van der Waals surface area contributed by atoms with Crippen molar-refractivity contribution in [3.8, 4) is 0 Å². The maximum absolute atomic E-state index is 12.1. The second-order valence-electron chi connectivity index (χ2n) is 4.51. The number of aliphatic hydroxyl groups excluding tert-OH is 1. The first-order valence-electron chi connectivity index (χ1n) is 5.71. The van der Waals surface area contributed by atoms with E-state index in [1.165, 1.54) is 17.0 Å². The van der Waals surface area contributed by atoms with Crippen LogP contribution in [0.2, 0.25) is 0 Å². The number of nitro benzene ring substituents is 1. The highest BCUT2D eigenvalue weighted by atomic mass is 16.6. The van der Waals surface area contributed by atoms with Gasteiger partial charge >= 0.3 is 0 Å². The van der Waals surface area contributed by atoms with Crippen LogP contribution in [0.25, 0.3) is 0 Å². The van der Waals surface area contributed by atoms with Crippen LogP contribution in [0.15, 0.2) is 18.2 Å². The summed E-state index contributed by atoms with van der Waals surface area (Å²) in [5.74, 6) is -0.265. The van der Waals surface area contributed by atoms with Crippen molar-refractivity contribution in [3.05, 3.63) is 39.4 Å². The van der Waals surface area contributed by atoms with Crippen LogP contribution in [-0.4, -0.2) is 40.0 Å². The molecule has 1 aliphatic rings. The molecule has 6 heteroatoms. The molecule has 0 unspecified atom stereocenters. The number of carbonyl (C=O) groups excluding carboxylic acids is 1. The highest BCUT2D eigenvalue weighted by Gasteiger charge is 2.26. The van der Waals surface area contributed by atoms with Gasteiger partial charge in [0.05, 0.1) is 11.0 Å². The van der Waals surface area contributed by atoms with E-state index in [9.17, 15) is 20.0 Å². The molecule has 0 aromatic heterocycles. The third kappa shape index (κ3) is 2.48. The number of β-amino-alcohol motifs (C(OH)–C–C–N with tert-alkyl or cyclic N) is 1. The van der Waals surface area contributed by atoms with Gasteiger partial charge in [-0.25, -0.2) is 0 Å². The Labute approximate surface area is 104 Å². The third-order valence-corrected chi connectivity index (χ3v) is 2.97. The molecule has 0 saturated carbocycles. The van der Waals surface area contributed by atoms with Crippen LogP contribution in [0.4, 0.5) is 5.69 Å². The average molecular weight is 250 g/mol. The van der Waals surface area contributed by atoms with E-state index in [0.717, 1.165) is 0 Å². The standard InChI is InChI=1S/C12H14N2O4/c1-8-4-9(6-10(5-8)14(17)18)12(16)13-3-2-11(15)7-13/h4-6,11,15H,2-3,7H2,1H3/t11-/m1/s1. The Balaban J connectivity index is 2.27. The van der Waals surface area contributed by atoms with Gasteiger partial charge in [0, 0.05) is 30.8 Å². The van der Waals surface area contributed by atoms with Gasteiger partial charge in [-0.3, -0.25) is 14.9 Å². The summed E-state index contributed by atoms with van der Waals surface area (Å²) in [6.45, 7) is 2.49. The predicted octanol–water partition coefficient (Wildman–Crippen LogP) is 1.11. The summed E-state index contributed by atoms with van der Waals surface area (Å²) >= 11 is 0. The molecule has 1 aromatic carbocycles. The van der Waals surface area contributed by atoms with E-state index in [0.29, 0.717) is 30.6 Å². The van der Waals surface area contributed by atoms with Gasteiger partial charge in [0.15, 0.2) is 0 Å². The van der Waals surface area contributed by atoms with Crippen molar-refractivity contribution in [2.24, 2.45) is 0 Å². The molecule has 1 heterocycles. The maximum atomic E-state index is 12.1. The lowest BCUT2D eigenvalue weighted by Gasteiger charge is -2.15. The van der Waals surface area contributed by atoms with Crippen LogP contribution < -0.4 is 0 Å². The Morgan fingerprint density at radius 3 is 2.78 bits per heavy atom. The van der Waals surface area contributed by atoms with Crippen LogP contribution in [0.5, 0.6) is 0 Å². The highest BCUT2D eigenvalue weighted by molar-refractivity contribution is 5.95. The zero-order chi connectivity index (χ0) is 13.3. The molecule has 1 fully saturated rings. The molecule has 2 rings (SSSR count). The molecular weight excluding hydrogens is 236 g/mol. The van der Waals surface area contributed by atoms with Crippen molar-refractivity contribution in [1.29, 1.82) is 0 Å². The van der Waals surface area contributed by atoms with E-state index in [1.807, 2.05) is 0 Å². The Hall–Kier alpha value is -1.95. The second-order valence-corrected chi connectivity index (χ2v) is 4.51. The summed E-state index contributed by atoms with van der Waals surface area (Å²) in [6.07, 6.45) is 0.0633. The lowest BCUT2D eigenvalue weighted by molar-refractivity contribution is -0.384. The Bertz CT molecular complexity index is 501. The molecule has 0 aliphatic carbocycles. The first-order valence-corrected chi connectivity index (χ1v) is 5.71. The van der Waals surface area contributed by atoms with Crippen LogP contribution in [0.1, 0.15) is 22.3 Å². The normalized spacial score (nSPS) is 19.0. The van der Waals surface area contributed by atoms with Crippen molar-refractivity contribution in [2.45, 2.75) is 19.4 Å². The average Bonchev–Trinajstić information content (AvgIpc) is 2.74. The van der Waals surface area contributed by atoms with Crippen molar-refractivity contribution in [2.75, 3.05) is 13.1 Å². The number of hydrogen-bond acceptors (Lipinski definition) is 4. The smallest absolute Gasteiger partial charge is 0.270 e. The first kappa shape index (κ1) is 12.5. The van der Waals surface area contributed by atoms with E-state index in [4.69, 9.17) is 0 Å². The fourth-order valence-corrected chi connectivity index (χ4v) is 2.10. The quantitative estimate of drug-likeness (QED) is 0.629.